The molecular weight excluding hydrogens is 274 g/mol. The third-order valence-corrected chi connectivity index (χ3v) is 4.55. The number of nitrogens with zero attached hydrogens (tertiary/aromatic N) is 5. The fourth-order valence-electron chi connectivity index (χ4n) is 3.07. The molecule has 0 radical (unpaired) electrons. The highest BCUT2D eigenvalue weighted by atomic mass is 15.3. The predicted octanol–water partition coefficient (Wildman–Crippen LogP) is 2.83. The Morgan fingerprint density at radius 1 is 1.32 bits per heavy atom. The molecule has 0 saturated heterocycles. The minimum Gasteiger partial charge on any atom is -0.333 e. The van der Waals surface area contributed by atoms with Crippen LogP contribution in [0.2, 0.25) is 0 Å². The summed E-state index contributed by atoms with van der Waals surface area (Å²) in [5, 5.41) is 9.08. The highest BCUT2D eigenvalue weighted by molar-refractivity contribution is 5.79. The number of allylic oxidation sites excluding steroid dienone is 2. The second-order valence-electron chi connectivity index (χ2n) is 6.18. The summed E-state index contributed by atoms with van der Waals surface area (Å²) < 4.78 is 3.93. The highest BCUT2D eigenvalue weighted by Crippen LogP contribution is 2.30. The van der Waals surface area contributed by atoms with Crippen LogP contribution in [0.15, 0.2) is 42.9 Å². The van der Waals surface area contributed by atoms with Gasteiger partial charge in [0, 0.05) is 32.5 Å². The van der Waals surface area contributed by atoms with Crippen molar-refractivity contribution in [1.29, 1.82) is 0 Å². The van der Waals surface area contributed by atoms with Gasteiger partial charge in [-0.3, -0.25) is 9.36 Å². The van der Waals surface area contributed by atoms with Crippen LogP contribution in [0.1, 0.15) is 25.0 Å². The van der Waals surface area contributed by atoms with Crippen LogP contribution in [0.4, 0.5) is 5.69 Å². The average Bonchev–Trinajstić information content (AvgIpc) is 3.12. The van der Waals surface area contributed by atoms with E-state index in [9.17, 15) is 0 Å². The van der Waals surface area contributed by atoms with Gasteiger partial charge in [0.1, 0.15) is 5.69 Å². The molecule has 0 spiro atoms. The van der Waals surface area contributed by atoms with Crippen LogP contribution in [-0.4, -0.2) is 26.1 Å². The summed E-state index contributed by atoms with van der Waals surface area (Å²) in [5.74, 6) is 0.819. The van der Waals surface area contributed by atoms with E-state index in [1.165, 1.54) is 19.3 Å². The summed E-state index contributed by atoms with van der Waals surface area (Å²) in [6.07, 6.45) is 16.6. The molecule has 0 bridgehead atoms. The van der Waals surface area contributed by atoms with E-state index in [2.05, 4.69) is 50.3 Å². The molecule has 2 aromatic rings. The zero-order valence-corrected chi connectivity index (χ0v) is 12.9. The van der Waals surface area contributed by atoms with E-state index >= 15 is 0 Å². The van der Waals surface area contributed by atoms with E-state index in [1.807, 2.05) is 24.1 Å². The monoisotopic (exact) mass is 295 g/mol. The van der Waals surface area contributed by atoms with Crippen LogP contribution in [0, 0.1) is 5.92 Å². The lowest BCUT2D eigenvalue weighted by Crippen LogP contribution is -2.23. The SMILES string of the molecule is Cn1ccc(C2=CC=CCN2c2cnn(CC3CCC3)c2)n1. The molecule has 0 amide bonds. The molecule has 1 aliphatic heterocycles. The van der Waals surface area contributed by atoms with Crippen LogP contribution in [0.5, 0.6) is 0 Å². The van der Waals surface area contributed by atoms with E-state index in [1.54, 1.807) is 0 Å². The molecule has 5 heteroatoms. The number of anilines is 1. The number of rotatable bonds is 4. The van der Waals surface area contributed by atoms with Crippen molar-refractivity contribution in [3.8, 4) is 0 Å². The van der Waals surface area contributed by atoms with Crippen LogP contribution in [0.3, 0.4) is 0 Å². The maximum absolute atomic E-state index is 4.54. The molecule has 114 valence electrons. The molecule has 0 N–H and O–H groups in total. The minimum atomic E-state index is 0.819. The Morgan fingerprint density at radius 2 is 2.23 bits per heavy atom. The average molecular weight is 295 g/mol. The van der Waals surface area contributed by atoms with Gasteiger partial charge in [-0.1, -0.05) is 18.6 Å². The molecule has 2 aromatic heterocycles. The summed E-state index contributed by atoms with van der Waals surface area (Å²) in [6.45, 7) is 1.91. The van der Waals surface area contributed by atoms with Gasteiger partial charge < -0.3 is 4.90 Å². The zero-order chi connectivity index (χ0) is 14.9. The van der Waals surface area contributed by atoms with Gasteiger partial charge in [-0.05, 0) is 30.9 Å². The van der Waals surface area contributed by atoms with Gasteiger partial charge in [-0.15, -0.1) is 0 Å². The lowest BCUT2D eigenvalue weighted by Gasteiger charge is -2.26. The summed E-state index contributed by atoms with van der Waals surface area (Å²) in [5.41, 5.74) is 3.27. The Kier molecular flexibility index (Phi) is 3.33. The first-order valence-electron chi connectivity index (χ1n) is 7.96. The molecule has 0 unspecified atom stereocenters. The van der Waals surface area contributed by atoms with Crippen molar-refractivity contribution >= 4 is 11.4 Å². The van der Waals surface area contributed by atoms with Gasteiger partial charge in [0.25, 0.3) is 0 Å². The Balaban J connectivity index is 1.57. The van der Waals surface area contributed by atoms with Crippen molar-refractivity contribution in [2.45, 2.75) is 25.8 Å². The molecule has 0 atom stereocenters. The van der Waals surface area contributed by atoms with Crippen LogP contribution in [0.25, 0.3) is 5.70 Å². The molecular formula is C17H21N5. The van der Waals surface area contributed by atoms with Gasteiger partial charge in [0.2, 0.25) is 0 Å². The van der Waals surface area contributed by atoms with Gasteiger partial charge in [-0.2, -0.15) is 10.2 Å². The quantitative estimate of drug-likeness (QED) is 0.870. The molecule has 1 aliphatic carbocycles. The first-order chi connectivity index (χ1) is 10.8. The Labute approximate surface area is 130 Å². The fraction of sp³-hybridized carbons (Fsp3) is 0.412. The molecule has 0 aromatic carbocycles. The third kappa shape index (κ3) is 2.47. The molecule has 3 heterocycles. The first-order valence-corrected chi connectivity index (χ1v) is 7.96. The van der Waals surface area contributed by atoms with Gasteiger partial charge in [0.05, 0.1) is 17.6 Å². The summed E-state index contributed by atoms with van der Waals surface area (Å²) >= 11 is 0. The van der Waals surface area contributed by atoms with E-state index in [0.29, 0.717) is 0 Å². The Morgan fingerprint density at radius 3 is 2.95 bits per heavy atom. The van der Waals surface area contributed by atoms with Gasteiger partial charge in [0.15, 0.2) is 0 Å². The fourth-order valence-corrected chi connectivity index (χ4v) is 3.07. The van der Waals surface area contributed by atoms with Crippen molar-refractivity contribution in [3.63, 3.8) is 0 Å². The zero-order valence-electron chi connectivity index (χ0n) is 12.9. The van der Waals surface area contributed by atoms with E-state index in [0.717, 1.165) is 36.1 Å². The molecule has 1 fully saturated rings. The maximum Gasteiger partial charge on any atom is 0.109 e. The molecule has 5 nitrogen and oxygen atoms in total. The van der Waals surface area contributed by atoms with Crippen LogP contribution in [-0.2, 0) is 13.6 Å². The lowest BCUT2D eigenvalue weighted by atomic mass is 9.85. The Bertz CT molecular complexity index is 717. The predicted molar refractivity (Wildman–Crippen MR) is 87.2 cm³/mol. The molecule has 22 heavy (non-hydrogen) atoms. The second-order valence-corrected chi connectivity index (χ2v) is 6.18. The second kappa shape index (κ2) is 5.48. The van der Waals surface area contributed by atoms with Gasteiger partial charge >= 0.3 is 0 Å². The normalized spacial score (nSPS) is 18.4. The summed E-state index contributed by atoms with van der Waals surface area (Å²) in [6, 6.07) is 2.05. The van der Waals surface area contributed by atoms with Gasteiger partial charge in [-0.25, -0.2) is 0 Å². The van der Waals surface area contributed by atoms with E-state index in [-0.39, 0.29) is 0 Å². The topological polar surface area (TPSA) is 38.9 Å². The first kappa shape index (κ1) is 13.4. The van der Waals surface area contributed by atoms with Crippen molar-refractivity contribution in [2.75, 3.05) is 11.4 Å². The minimum absolute atomic E-state index is 0.819. The maximum atomic E-state index is 4.54. The number of aryl methyl sites for hydroxylation is 1. The Hall–Kier alpha value is -2.30. The third-order valence-electron chi connectivity index (χ3n) is 4.55. The smallest absolute Gasteiger partial charge is 0.109 e. The largest absolute Gasteiger partial charge is 0.333 e. The molecule has 1 saturated carbocycles. The molecule has 2 aliphatic rings. The van der Waals surface area contributed by atoms with Crippen molar-refractivity contribution in [2.24, 2.45) is 13.0 Å². The van der Waals surface area contributed by atoms with E-state index < -0.39 is 0 Å². The lowest BCUT2D eigenvalue weighted by molar-refractivity contribution is 0.266. The number of hydrogen-bond donors (Lipinski definition) is 0. The summed E-state index contributed by atoms with van der Waals surface area (Å²) in [7, 11) is 1.95. The van der Waals surface area contributed by atoms with Crippen LogP contribution < -0.4 is 4.90 Å². The summed E-state index contributed by atoms with van der Waals surface area (Å²) in [4.78, 5) is 2.27. The standard InChI is InChI=1S/C17H21N5/c1-20-10-8-16(19-20)17-7-2-3-9-22(17)15-11-18-21(13-15)12-14-5-4-6-14/h2-3,7-8,10-11,13-14H,4-6,9,12H2,1H3. The number of aromatic nitrogens is 4. The highest BCUT2D eigenvalue weighted by Gasteiger charge is 2.21. The van der Waals surface area contributed by atoms with Crippen molar-refractivity contribution in [1.82, 2.24) is 19.6 Å². The number of hydrogen-bond acceptors (Lipinski definition) is 3. The van der Waals surface area contributed by atoms with Crippen molar-refractivity contribution < 1.29 is 0 Å². The van der Waals surface area contributed by atoms with Crippen molar-refractivity contribution in [3.05, 3.63) is 48.6 Å². The molecule has 4 rings (SSSR count). The van der Waals surface area contributed by atoms with E-state index in [4.69, 9.17) is 0 Å². The van der Waals surface area contributed by atoms with Crippen LogP contribution >= 0.6 is 0 Å².